The minimum absolute atomic E-state index is 1.35. The molecule has 0 aromatic carbocycles. The molecule has 0 spiro atoms. The molecule has 0 rings (SSSR count). The number of hydrogen-bond acceptors (Lipinski definition) is 0. The quantitative estimate of drug-likeness (QED) is 0.167. The van der Waals surface area contributed by atoms with E-state index in [9.17, 15) is 0 Å². The standard InChI is InChI=1S/C23H50N/c1-5-9-10-11-12-13-14-15-16-17-18-19-23-24(20-6-2,21-7-3)22-8-4/h5-23H2,1-4H3/q+1. The van der Waals surface area contributed by atoms with Gasteiger partial charge in [0.15, 0.2) is 0 Å². The molecule has 0 amide bonds. The van der Waals surface area contributed by atoms with Gasteiger partial charge in [-0.3, -0.25) is 0 Å². The minimum atomic E-state index is 1.35. The van der Waals surface area contributed by atoms with Gasteiger partial charge in [-0.05, 0) is 32.1 Å². The zero-order valence-corrected chi connectivity index (χ0v) is 17.9. The predicted molar refractivity (Wildman–Crippen MR) is 112 cm³/mol. The Morgan fingerprint density at radius 2 is 0.667 bits per heavy atom. The third-order valence-corrected chi connectivity index (χ3v) is 5.58. The third-order valence-electron chi connectivity index (χ3n) is 5.58. The lowest BCUT2D eigenvalue weighted by Crippen LogP contribution is -2.50. The first-order valence-corrected chi connectivity index (χ1v) is 11.6. The van der Waals surface area contributed by atoms with Crippen LogP contribution in [0.5, 0.6) is 0 Å². The largest absolute Gasteiger partial charge is 0.324 e. The van der Waals surface area contributed by atoms with Crippen LogP contribution in [0.25, 0.3) is 0 Å². The molecule has 0 saturated carbocycles. The Kier molecular flexibility index (Phi) is 17.7. The van der Waals surface area contributed by atoms with Crippen molar-refractivity contribution in [3.8, 4) is 0 Å². The molecule has 1 nitrogen and oxygen atoms in total. The minimum Gasteiger partial charge on any atom is -0.324 e. The molecule has 146 valence electrons. The smallest absolute Gasteiger partial charge is 0.0786 e. The normalized spacial score (nSPS) is 12.0. The van der Waals surface area contributed by atoms with Crippen LogP contribution in [-0.4, -0.2) is 30.7 Å². The molecule has 0 saturated heterocycles. The van der Waals surface area contributed by atoms with Gasteiger partial charge >= 0.3 is 0 Å². The van der Waals surface area contributed by atoms with Crippen molar-refractivity contribution in [1.29, 1.82) is 0 Å². The fourth-order valence-electron chi connectivity index (χ4n) is 4.38. The van der Waals surface area contributed by atoms with Crippen molar-refractivity contribution in [2.24, 2.45) is 0 Å². The molecular weight excluding hydrogens is 290 g/mol. The highest BCUT2D eigenvalue weighted by molar-refractivity contribution is 4.50. The van der Waals surface area contributed by atoms with Gasteiger partial charge in [0, 0.05) is 0 Å². The monoisotopic (exact) mass is 340 g/mol. The van der Waals surface area contributed by atoms with Gasteiger partial charge in [0.25, 0.3) is 0 Å². The molecular formula is C23H50N+. The average Bonchev–Trinajstić information content (AvgIpc) is 2.56. The second kappa shape index (κ2) is 17.8. The van der Waals surface area contributed by atoms with E-state index in [1.807, 2.05) is 0 Å². The van der Waals surface area contributed by atoms with Crippen LogP contribution in [0.15, 0.2) is 0 Å². The van der Waals surface area contributed by atoms with Crippen molar-refractivity contribution < 1.29 is 4.48 Å². The molecule has 0 aliphatic rings. The first kappa shape index (κ1) is 24.0. The summed E-state index contributed by atoms with van der Waals surface area (Å²) in [6.45, 7) is 15.0. The molecule has 0 aromatic heterocycles. The molecule has 0 N–H and O–H groups in total. The van der Waals surface area contributed by atoms with Crippen LogP contribution in [0, 0.1) is 0 Å². The molecule has 0 unspecified atom stereocenters. The molecule has 0 heterocycles. The summed E-state index contributed by atoms with van der Waals surface area (Å²) in [5, 5.41) is 0. The van der Waals surface area contributed by atoms with Crippen molar-refractivity contribution in [3.05, 3.63) is 0 Å². The van der Waals surface area contributed by atoms with E-state index in [1.165, 1.54) is 127 Å². The van der Waals surface area contributed by atoms with E-state index in [2.05, 4.69) is 27.7 Å². The van der Waals surface area contributed by atoms with Crippen molar-refractivity contribution >= 4 is 0 Å². The third kappa shape index (κ3) is 13.3. The van der Waals surface area contributed by atoms with Crippen LogP contribution in [0.4, 0.5) is 0 Å². The van der Waals surface area contributed by atoms with Gasteiger partial charge in [-0.2, -0.15) is 0 Å². The molecule has 0 fully saturated rings. The summed E-state index contributed by atoms with van der Waals surface area (Å²) in [4.78, 5) is 0. The zero-order chi connectivity index (χ0) is 17.9. The van der Waals surface area contributed by atoms with Gasteiger partial charge in [0.05, 0.1) is 26.2 Å². The number of unbranched alkanes of at least 4 members (excludes halogenated alkanes) is 11. The molecule has 0 aliphatic heterocycles. The van der Waals surface area contributed by atoms with Crippen molar-refractivity contribution in [2.75, 3.05) is 26.2 Å². The molecule has 0 radical (unpaired) electrons. The Morgan fingerprint density at radius 3 is 1.00 bits per heavy atom. The summed E-state index contributed by atoms with van der Waals surface area (Å²) in [5.41, 5.74) is 0. The van der Waals surface area contributed by atoms with E-state index < -0.39 is 0 Å². The maximum Gasteiger partial charge on any atom is 0.0786 e. The van der Waals surface area contributed by atoms with Crippen LogP contribution in [0.2, 0.25) is 0 Å². The zero-order valence-electron chi connectivity index (χ0n) is 17.9. The molecule has 24 heavy (non-hydrogen) atoms. The number of nitrogens with zero attached hydrogens (tertiary/aromatic N) is 1. The fourth-order valence-corrected chi connectivity index (χ4v) is 4.38. The van der Waals surface area contributed by atoms with Crippen LogP contribution < -0.4 is 0 Å². The lowest BCUT2D eigenvalue weighted by molar-refractivity contribution is -0.928. The predicted octanol–water partition coefficient (Wildman–Crippen LogP) is 7.73. The summed E-state index contributed by atoms with van der Waals surface area (Å²) in [6, 6.07) is 0. The summed E-state index contributed by atoms with van der Waals surface area (Å²) in [6.07, 6.45) is 21.6. The number of quaternary nitrogens is 1. The van der Waals surface area contributed by atoms with Crippen molar-refractivity contribution in [1.82, 2.24) is 0 Å². The van der Waals surface area contributed by atoms with Gasteiger partial charge in [-0.1, -0.05) is 91.9 Å². The number of rotatable bonds is 19. The van der Waals surface area contributed by atoms with Crippen molar-refractivity contribution in [2.45, 2.75) is 124 Å². The molecule has 0 bridgehead atoms. The van der Waals surface area contributed by atoms with Gasteiger partial charge in [0.2, 0.25) is 0 Å². The molecule has 1 heteroatoms. The van der Waals surface area contributed by atoms with Gasteiger partial charge in [-0.25, -0.2) is 0 Å². The number of hydrogen-bond donors (Lipinski definition) is 0. The van der Waals surface area contributed by atoms with Gasteiger partial charge in [-0.15, -0.1) is 0 Å². The summed E-state index contributed by atoms with van der Waals surface area (Å²) < 4.78 is 1.40. The van der Waals surface area contributed by atoms with Crippen LogP contribution >= 0.6 is 0 Å². The molecule has 0 atom stereocenters. The Morgan fingerprint density at radius 1 is 0.333 bits per heavy atom. The summed E-state index contributed by atoms with van der Waals surface area (Å²) >= 11 is 0. The first-order valence-electron chi connectivity index (χ1n) is 11.6. The molecule has 0 aliphatic carbocycles. The highest BCUT2D eigenvalue weighted by atomic mass is 15.3. The van der Waals surface area contributed by atoms with E-state index in [0.29, 0.717) is 0 Å². The van der Waals surface area contributed by atoms with E-state index in [4.69, 9.17) is 0 Å². The van der Waals surface area contributed by atoms with Crippen LogP contribution in [0.3, 0.4) is 0 Å². The van der Waals surface area contributed by atoms with E-state index in [1.54, 1.807) is 0 Å². The van der Waals surface area contributed by atoms with E-state index in [-0.39, 0.29) is 0 Å². The Balaban J connectivity index is 3.60. The highest BCUT2D eigenvalue weighted by Gasteiger charge is 2.23. The fraction of sp³-hybridized carbons (Fsp3) is 1.00. The second-order valence-electron chi connectivity index (χ2n) is 8.13. The summed E-state index contributed by atoms with van der Waals surface area (Å²) in [7, 11) is 0. The highest BCUT2D eigenvalue weighted by Crippen LogP contribution is 2.16. The van der Waals surface area contributed by atoms with E-state index >= 15 is 0 Å². The van der Waals surface area contributed by atoms with Crippen LogP contribution in [0.1, 0.15) is 124 Å². The SMILES string of the molecule is CCCCCCCCCCCCCC[N+](CCC)(CCC)CCC. The maximum atomic E-state index is 2.36. The van der Waals surface area contributed by atoms with Crippen molar-refractivity contribution in [3.63, 3.8) is 0 Å². The second-order valence-corrected chi connectivity index (χ2v) is 8.13. The van der Waals surface area contributed by atoms with Gasteiger partial charge < -0.3 is 4.48 Å². The average molecular weight is 341 g/mol. The Labute approximate surface area is 155 Å². The van der Waals surface area contributed by atoms with Gasteiger partial charge in [0.1, 0.15) is 0 Å². The lowest BCUT2D eigenvalue weighted by Gasteiger charge is -2.38. The topological polar surface area (TPSA) is 0 Å². The van der Waals surface area contributed by atoms with E-state index in [0.717, 1.165) is 0 Å². The van der Waals surface area contributed by atoms with Crippen LogP contribution in [-0.2, 0) is 0 Å². The summed E-state index contributed by atoms with van der Waals surface area (Å²) in [5.74, 6) is 0. The first-order chi connectivity index (χ1) is 11.7. The Bertz CT molecular complexity index is 219. The maximum absolute atomic E-state index is 2.36. The molecule has 0 aromatic rings. The Hall–Kier alpha value is -0.0400. The lowest BCUT2D eigenvalue weighted by atomic mass is 10.0.